The molecule has 2 aromatic carbocycles. The molecular formula is C22H23BF2N2O5. The molecule has 2 radical (unpaired) electrons. The average Bonchev–Trinajstić information content (AvgIpc) is 3.33. The predicted octanol–water partition coefficient (Wildman–Crippen LogP) is 2.35. The van der Waals surface area contributed by atoms with Crippen LogP contribution < -0.4 is 9.47 Å². The molecule has 2 unspecified atom stereocenters. The molecule has 7 nitrogen and oxygen atoms in total. The van der Waals surface area contributed by atoms with Gasteiger partial charge in [0.2, 0.25) is 5.79 Å². The van der Waals surface area contributed by atoms with E-state index in [1.54, 1.807) is 30.3 Å². The second-order valence-electron chi connectivity index (χ2n) is 8.02. The SMILES string of the molecule is [B]C(O)(N(C)C)C(O)(O)c1c[nH]c2cccc(OC3CCc4c(OC(F)F)cccc43)c12. The Labute approximate surface area is 184 Å². The largest absolute Gasteiger partial charge is 0.485 e. The number of ether oxygens (including phenoxy) is 2. The lowest BCUT2D eigenvalue weighted by atomic mass is 9.78. The van der Waals surface area contributed by atoms with Crippen molar-refractivity contribution in [2.45, 2.75) is 37.0 Å². The monoisotopic (exact) mass is 444 g/mol. The molecule has 0 saturated carbocycles. The molecule has 0 aliphatic heterocycles. The molecule has 0 amide bonds. The smallest absolute Gasteiger partial charge is 0.387 e. The number of halogens is 2. The number of hydrogen-bond donors (Lipinski definition) is 4. The second-order valence-corrected chi connectivity index (χ2v) is 8.02. The molecule has 0 fully saturated rings. The average molecular weight is 444 g/mol. The van der Waals surface area contributed by atoms with E-state index >= 15 is 0 Å². The van der Waals surface area contributed by atoms with Crippen molar-refractivity contribution < 1.29 is 33.6 Å². The van der Waals surface area contributed by atoms with Crippen LogP contribution in [0.3, 0.4) is 0 Å². The van der Waals surface area contributed by atoms with E-state index in [-0.39, 0.29) is 11.3 Å². The normalized spacial score (nSPS) is 18.2. The molecule has 32 heavy (non-hydrogen) atoms. The molecule has 1 aromatic heterocycles. The van der Waals surface area contributed by atoms with Gasteiger partial charge in [0, 0.05) is 22.8 Å². The number of H-pyrrole nitrogens is 1. The Bertz CT molecular complexity index is 1130. The molecule has 1 aliphatic rings. The Morgan fingerprint density at radius 1 is 1.12 bits per heavy atom. The van der Waals surface area contributed by atoms with E-state index in [9.17, 15) is 24.1 Å². The standard InChI is InChI=1S/C22H23BF2N2O5/c1-27(2)22(23,30)21(28,29)14-11-26-15-6-4-8-18(19(14)15)31-17-10-9-13-12(17)5-3-7-16(13)32-20(24)25/h3-8,11,17,20,26,28-30H,9-10H2,1-2H3. The Morgan fingerprint density at radius 2 is 1.81 bits per heavy atom. The minimum Gasteiger partial charge on any atom is -0.485 e. The predicted molar refractivity (Wildman–Crippen MR) is 114 cm³/mol. The number of aliphatic hydroxyl groups is 3. The third-order valence-corrected chi connectivity index (χ3v) is 5.90. The van der Waals surface area contributed by atoms with Crippen LogP contribution in [-0.2, 0) is 12.2 Å². The van der Waals surface area contributed by atoms with Crippen molar-refractivity contribution >= 4 is 18.7 Å². The lowest BCUT2D eigenvalue weighted by molar-refractivity contribution is -0.289. The van der Waals surface area contributed by atoms with E-state index in [1.807, 2.05) is 0 Å². The highest BCUT2D eigenvalue weighted by Crippen LogP contribution is 2.44. The van der Waals surface area contributed by atoms with Gasteiger partial charge in [-0.05, 0) is 50.7 Å². The van der Waals surface area contributed by atoms with E-state index in [0.717, 1.165) is 10.5 Å². The van der Waals surface area contributed by atoms with Crippen LogP contribution in [0, 0.1) is 0 Å². The maximum Gasteiger partial charge on any atom is 0.387 e. The molecule has 1 heterocycles. The lowest BCUT2D eigenvalue weighted by Crippen LogP contribution is -2.61. The van der Waals surface area contributed by atoms with Gasteiger partial charge in [0.05, 0.1) is 5.39 Å². The lowest BCUT2D eigenvalue weighted by Gasteiger charge is -2.42. The van der Waals surface area contributed by atoms with Crippen LogP contribution >= 0.6 is 0 Å². The minimum absolute atomic E-state index is 0.0743. The molecule has 10 heteroatoms. The zero-order valence-electron chi connectivity index (χ0n) is 17.5. The van der Waals surface area contributed by atoms with Crippen LogP contribution in [0.1, 0.15) is 29.2 Å². The summed E-state index contributed by atoms with van der Waals surface area (Å²) in [5.41, 5.74) is -0.666. The van der Waals surface area contributed by atoms with E-state index in [2.05, 4.69) is 9.72 Å². The van der Waals surface area contributed by atoms with Gasteiger partial charge in [-0.3, -0.25) is 4.90 Å². The molecule has 0 bridgehead atoms. The van der Waals surface area contributed by atoms with E-state index in [0.29, 0.717) is 35.1 Å². The second kappa shape index (κ2) is 8.04. The molecule has 1 aliphatic carbocycles. The third-order valence-electron chi connectivity index (χ3n) is 5.90. The number of aromatic nitrogens is 1. The van der Waals surface area contributed by atoms with Crippen LogP contribution in [-0.4, -0.2) is 59.4 Å². The fourth-order valence-corrected chi connectivity index (χ4v) is 4.10. The van der Waals surface area contributed by atoms with Crippen molar-refractivity contribution in [3.8, 4) is 11.5 Å². The third kappa shape index (κ3) is 3.63. The molecule has 0 saturated heterocycles. The summed E-state index contributed by atoms with van der Waals surface area (Å²) < 4.78 is 36.3. The summed E-state index contributed by atoms with van der Waals surface area (Å²) in [6.45, 7) is -2.92. The van der Waals surface area contributed by atoms with Gasteiger partial charge in [-0.1, -0.05) is 18.2 Å². The summed E-state index contributed by atoms with van der Waals surface area (Å²) in [4.78, 5) is 4.01. The van der Waals surface area contributed by atoms with E-state index < -0.39 is 24.1 Å². The summed E-state index contributed by atoms with van der Waals surface area (Å²) in [5.74, 6) is -2.41. The molecule has 168 valence electrons. The number of hydrogen-bond acceptors (Lipinski definition) is 6. The van der Waals surface area contributed by atoms with E-state index in [1.165, 1.54) is 26.4 Å². The van der Waals surface area contributed by atoms with Crippen LogP contribution in [0.25, 0.3) is 10.9 Å². The molecule has 0 spiro atoms. The Morgan fingerprint density at radius 3 is 2.50 bits per heavy atom. The van der Waals surface area contributed by atoms with Crippen LogP contribution in [0.2, 0.25) is 0 Å². The number of benzene rings is 2. The summed E-state index contributed by atoms with van der Waals surface area (Å²) >= 11 is 0. The number of rotatable bonds is 7. The molecular weight excluding hydrogens is 421 g/mol. The number of fused-ring (bicyclic) bond motifs is 2. The molecule has 2 atom stereocenters. The zero-order chi connectivity index (χ0) is 23.3. The highest BCUT2D eigenvalue weighted by molar-refractivity contribution is 6.15. The van der Waals surface area contributed by atoms with Crippen LogP contribution in [0.5, 0.6) is 11.5 Å². The quantitative estimate of drug-likeness (QED) is 0.330. The van der Waals surface area contributed by atoms with Gasteiger partial charge in [0.25, 0.3) is 0 Å². The maximum absolute atomic E-state index is 12.7. The first-order valence-corrected chi connectivity index (χ1v) is 10.0. The van der Waals surface area contributed by atoms with Gasteiger partial charge >= 0.3 is 6.61 Å². The van der Waals surface area contributed by atoms with Crippen molar-refractivity contribution in [2.75, 3.05) is 14.1 Å². The number of aromatic amines is 1. The first kappa shape index (κ1) is 22.5. The summed E-state index contributed by atoms with van der Waals surface area (Å²) in [5, 5.41) is 32.5. The zero-order valence-corrected chi connectivity index (χ0v) is 17.5. The summed E-state index contributed by atoms with van der Waals surface area (Å²) in [6, 6.07) is 9.99. The highest BCUT2D eigenvalue weighted by Gasteiger charge is 2.48. The van der Waals surface area contributed by atoms with Crippen molar-refractivity contribution in [1.82, 2.24) is 9.88 Å². The summed E-state index contributed by atoms with van der Waals surface area (Å²) in [6.07, 6.45) is 1.90. The maximum atomic E-state index is 12.7. The first-order chi connectivity index (χ1) is 15.0. The van der Waals surface area contributed by atoms with Crippen molar-refractivity contribution in [3.05, 3.63) is 59.3 Å². The van der Waals surface area contributed by atoms with Gasteiger partial charge in [0.15, 0.2) is 0 Å². The Kier molecular flexibility index (Phi) is 5.66. The number of likely N-dealkylation sites (N-methyl/N-ethyl adjacent to an activating group) is 1. The van der Waals surface area contributed by atoms with Crippen molar-refractivity contribution in [3.63, 3.8) is 0 Å². The molecule has 3 aromatic rings. The van der Waals surface area contributed by atoms with Crippen molar-refractivity contribution in [1.29, 1.82) is 0 Å². The van der Waals surface area contributed by atoms with Gasteiger partial charge in [-0.2, -0.15) is 8.78 Å². The fraction of sp³-hybridized carbons (Fsp3) is 0.364. The fourth-order valence-electron chi connectivity index (χ4n) is 4.10. The molecule has 4 N–H and O–H groups in total. The van der Waals surface area contributed by atoms with Crippen LogP contribution in [0.15, 0.2) is 42.6 Å². The Balaban J connectivity index is 1.74. The van der Waals surface area contributed by atoms with E-state index in [4.69, 9.17) is 12.6 Å². The summed E-state index contributed by atoms with van der Waals surface area (Å²) in [7, 11) is 8.61. The topological polar surface area (TPSA) is 98.2 Å². The minimum atomic E-state index is -2.92. The Hall–Kier alpha value is -2.66. The van der Waals surface area contributed by atoms with Gasteiger partial charge < -0.3 is 29.8 Å². The van der Waals surface area contributed by atoms with Gasteiger partial charge in [0.1, 0.15) is 31.1 Å². The molecule has 4 rings (SSSR count). The van der Waals surface area contributed by atoms with Crippen molar-refractivity contribution in [2.24, 2.45) is 0 Å². The number of alkyl halides is 2. The number of nitrogens with zero attached hydrogens (tertiary/aromatic N) is 1. The van der Waals surface area contributed by atoms with Gasteiger partial charge in [-0.25, -0.2) is 0 Å². The van der Waals surface area contributed by atoms with Crippen LogP contribution in [0.4, 0.5) is 8.78 Å². The highest BCUT2D eigenvalue weighted by atomic mass is 19.3. The first-order valence-electron chi connectivity index (χ1n) is 10.0. The van der Waals surface area contributed by atoms with Gasteiger partial charge in [-0.15, -0.1) is 0 Å². The number of nitrogens with one attached hydrogen (secondary N) is 1.